The van der Waals surface area contributed by atoms with Crippen molar-refractivity contribution >= 4 is 11.8 Å². The Balaban J connectivity index is 3.97. The second-order valence-corrected chi connectivity index (χ2v) is 3.02. The lowest BCUT2D eigenvalue weighted by atomic mass is 10.1. The first-order valence-corrected chi connectivity index (χ1v) is 3.83. The van der Waals surface area contributed by atoms with Crippen molar-refractivity contribution in [2.45, 2.75) is 25.8 Å². The summed E-state index contributed by atoms with van der Waals surface area (Å²) < 4.78 is 0. The SMILES string of the molecule is CC(=O)C(CCC(=O)O)N(C)C. The number of carbonyl (C=O) groups is 2. The number of carboxylic acid groups (broad SMARTS) is 1. The summed E-state index contributed by atoms with van der Waals surface area (Å²) in [5.74, 6) is -0.843. The third-order valence-corrected chi connectivity index (χ3v) is 1.72. The van der Waals surface area contributed by atoms with Crippen molar-refractivity contribution in [3.63, 3.8) is 0 Å². The summed E-state index contributed by atoms with van der Waals surface area (Å²) in [6.45, 7) is 1.48. The summed E-state index contributed by atoms with van der Waals surface area (Å²) in [5, 5.41) is 8.40. The molecule has 4 heteroatoms. The second kappa shape index (κ2) is 4.87. The van der Waals surface area contributed by atoms with Crippen LogP contribution in [-0.4, -0.2) is 41.9 Å². The quantitative estimate of drug-likeness (QED) is 0.652. The number of Topliss-reactive ketones (excluding diaryl/α,β-unsaturated/α-hetero) is 1. The molecular formula is C8H15NO3. The van der Waals surface area contributed by atoms with Gasteiger partial charge in [-0.1, -0.05) is 0 Å². The first-order chi connectivity index (χ1) is 5.45. The van der Waals surface area contributed by atoms with Crippen LogP contribution in [-0.2, 0) is 9.59 Å². The molecule has 70 valence electrons. The Hall–Kier alpha value is -0.900. The van der Waals surface area contributed by atoms with Crippen molar-refractivity contribution in [3.8, 4) is 0 Å². The van der Waals surface area contributed by atoms with Crippen molar-refractivity contribution in [1.82, 2.24) is 4.90 Å². The first kappa shape index (κ1) is 11.1. The van der Waals surface area contributed by atoms with Crippen molar-refractivity contribution in [3.05, 3.63) is 0 Å². The van der Waals surface area contributed by atoms with E-state index in [0.717, 1.165) is 0 Å². The van der Waals surface area contributed by atoms with Gasteiger partial charge in [0, 0.05) is 6.42 Å². The van der Waals surface area contributed by atoms with E-state index in [0.29, 0.717) is 6.42 Å². The minimum atomic E-state index is -0.858. The molecule has 0 aliphatic heterocycles. The Morgan fingerprint density at radius 1 is 1.42 bits per heavy atom. The number of hydrogen-bond donors (Lipinski definition) is 1. The minimum absolute atomic E-state index is 0.0150. The number of rotatable bonds is 5. The number of hydrogen-bond acceptors (Lipinski definition) is 3. The average molecular weight is 173 g/mol. The van der Waals surface area contributed by atoms with Crippen LogP contribution in [0.15, 0.2) is 0 Å². The van der Waals surface area contributed by atoms with E-state index in [1.807, 2.05) is 0 Å². The van der Waals surface area contributed by atoms with Gasteiger partial charge in [0.15, 0.2) is 0 Å². The highest BCUT2D eigenvalue weighted by Gasteiger charge is 2.17. The van der Waals surface area contributed by atoms with E-state index in [4.69, 9.17) is 5.11 Å². The van der Waals surface area contributed by atoms with Crippen molar-refractivity contribution < 1.29 is 14.7 Å². The van der Waals surface area contributed by atoms with Crippen molar-refractivity contribution in [2.24, 2.45) is 0 Å². The normalized spacial score (nSPS) is 13.0. The molecule has 0 bridgehead atoms. The van der Waals surface area contributed by atoms with E-state index in [1.165, 1.54) is 6.92 Å². The predicted molar refractivity (Wildman–Crippen MR) is 45.0 cm³/mol. The molecule has 0 amide bonds. The maximum absolute atomic E-state index is 11.0. The molecule has 0 saturated carbocycles. The molecule has 12 heavy (non-hydrogen) atoms. The fourth-order valence-corrected chi connectivity index (χ4v) is 1.09. The van der Waals surface area contributed by atoms with Crippen LogP contribution in [0.2, 0.25) is 0 Å². The molecule has 0 aliphatic rings. The summed E-state index contributed by atoms with van der Waals surface area (Å²) >= 11 is 0. The van der Waals surface area contributed by atoms with Gasteiger partial charge < -0.3 is 5.11 Å². The zero-order valence-electron chi connectivity index (χ0n) is 7.70. The Bertz CT molecular complexity index is 177. The topological polar surface area (TPSA) is 57.6 Å². The summed E-state index contributed by atoms with van der Waals surface area (Å²) in [7, 11) is 3.54. The minimum Gasteiger partial charge on any atom is -0.481 e. The molecule has 0 saturated heterocycles. The lowest BCUT2D eigenvalue weighted by Gasteiger charge is -2.20. The van der Waals surface area contributed by atoms with Gasteiger partial charge in [-0.25, -0.2) is 0 Å². The molecule has 0 heterocycles. The summed E-state index contributed by atoms with van der Waals surface area (Å²) in [6.07, 6.45) is 0.431. The fourth-order valence-electron chi connectivity index (χ4n) is 1.09. The van der Waals surface area contributed by atoms with Gasteiger partial charge in [-0.05, 0) is 27.4 Å². The Kier molecular flexibility index (Phi) is 4.51. The number of nitrogens with zero attached hydrogens (tertiary/aromatic N) is 1. The molecule has 0 fully saturated rings. The second-order valence-electron chi connectivity index (χ2n) is 3.02. The number of ketones is 1. The van der Waals surface area contributed by atoms with Crippen molar-refractivity contribution in [2.75, 3.05) is 14.1 Å². The van der Waals surface area contributed by atoms with Gasteiger partial charge in [0.2, 0.25) is 0 Å². The Morgan fingerprint density at radius 3 is 2.17 bits per heavy atom. The molecule has 1 N–H and O–H groups in total. The lowest BCUT2D eigenvalue weighted by Crippen LogP contribution is -2.34. The van der Waals surface area contributed by atoms with E-state index >= 15 is 0 Å². The highest BCUT2D eigenvalue weighted by atomic mass is 16.4. The highest BCUT2D eigenvalue weighted by Crippen LogP contribution is 2.04. The molecule has 4 nitrogen and oxygen atoms in total. The molecule has 1 atom stereocenters. The van der Waals surface area contributed by atoms with Gasteiger partial charge in [0.1, 0.15) is 5.78 Å². The van der Waals surface area contributed by atoms with Gasteiger partial charge >= 0.3 is 5.97 Å². The molecule has 0 aromatic heterocycles. The van der Waals surface area contributed by atoms with E-state index in [-0.39, 0.29) is 18.2 Å². The Morgan fingerprint density at radius 2 is 1.92 bits per heavy atom. The van der Waals surface area contributed by atoms with Crippen LogP contribution in [0.5, 0.6) is 0 Å². The van der Waals surface area contributed by atoms with Crippen molar-refractivity contribution in [1.29, 1.82) is 0 Å². The maximum Gasteiger partial charge on any atom is 0.303 e. The standard InChI is InChI=1S/C8H15NO3/c1-6(10)7(9(2)3)4-5-8(11)12/h7H,4-5H2,1-3H3,(H,11,12). The molecule has 0 aromatic rings. The lowest BCUT2D eigenvalue weighted by molar-refractivity contribution is -0.137. The number of likely N-dealkylation sites (N-methyl/N-ethyl adjacent to an activating group) is 1. The van der Waals surface area contributed by atoms with E-state index in [9.17, 15) is 9.59 Å². The molecular weight excluding hydrogens is 158 g/mol. The predicted octanol–water partition coefficient (Wildman–Crippen LogP) is 0.370. The maximum atomic E-state index is 11.0. The van der Waals surface area contributed by atoms with E-state index < -0.39 is 5.97 Å². The van der Waals surface area contributed by atoms with Crippen LogP contribution in [0.3, 0.4) is 0 Å². The molecule has 0 aliphatic carbocycles. The molecule has 1 unspecified atom stereocenters. The summed E-state index contributed by atoms with van der Waals surface area (Å²) in [6, 6.07) is -0.263. The van der Waals surface area contributed by atoms with Crippen LogP contribution in [0.4, 0.5) is 0 Å². The van der Waals surface area contributed by atoms with Gasteiger partial charge in [-0.3, -0.25) is 14.5 Å². The van der Waals surface area contributed by atoms with Gasteiger partial charge in [-0.2, -0.15) is 0 Å². The van der Waals surface area contributed by atoms with E-state index in [1.54, 1.807) is 19.0 Å². The van der Waals surface area contributed by atoms with Crippen LogP contribution < -0.4 is 0 Å². The van der Waals surface area contributed by atoms with Gasteiger partial charge in [-0.15, -0.1) is 0 Å². The van der Waals surface area contributed by atoms with Gasteiger partial charge in [0.05, 0.1) is 6.04 Å². The molecule has 0 aromatic carbocycles. The first-order valence-electron chi connectivity index (χ1n) is 3.83. The molecule has 0 radical (unpaired) electrons. The third kappa shape index (κ3) is 4.08. The smallest absolute Gasteiger partial charge is 0.303 e. The largest absolute Gasteiger partial charge is 0.481 e. The molecule has 0 rings (SSSR count). The highest BCUT2D eigenvalue weighted by molar-refractivity contribution is 5.82. The summed E-state index contributed by atoms with van der Waals surface area (Å²) in [4.78, 5) is 22.9. The number of carboxylic acids is 1. The Labute approximate surface area is 72.2 Å². The van der Waals surface area contributed by atoms with Crippen LogP contribution in [0, 0.1) is 0 Å². The van der Waals surface area contributed by atoms with Crippen LogP contribution >= 0.6 is 0 Å². The zero-order chi connectivity index (χ0) is 9.72. The molecule has 0 spiro atoms. The average Bonchev–Trinajstić information content (AvgIpc) is 1.84. The zero-order valence-corrected chi connectivity index (χ0v) is 7.70. The third-order valence-electron chi connectivity index (χ3n) is 1.72. The van der Waals surface area contributed by atoms with Gasteiger partial charge in [0.25, 0.3) is 0 Å². The summed E-state index contributed by atoms with van der Waals surface area (Å²) in [5.41, 5.74) is 0. The monoisotopic (exact) mass is 173 g/mol. The fraction of sp³-hybridized carbons (Fsp3) is 0.750. The van der Waals surface area contributed by atoms with Crippen LogP contribution in [0.1, 0.15) is 19.8 Å². The van der Waals surface area contributed by atoms with E-state index in [2.05, 4.69) is 0 Å². The number of carbonyl (C=O) groups excluding carboxylic acids is 1. The number of aliphatic carboxylic acids is 1. The van der Waals surface area contributed by atoms with Crippen LogP contribution in [0.25, 0.3) is 0 Å².